The Balaban J connectivity index is 1.95. The largest absolute Gasteiger partial charge is 0.483 e. The summed E-state index contributed by atoms with van der Waals surface area (Å²) in [6, 6.07) is 11.3. The van der Waals surface area contributed by atoms with E-state index in [1.165, 1.54) is 0 Å². The van der Waals surface area contributed by atoms with Crippen molar-refractivity contribution in [3.05, 3.63) is 58.9 Å². The first kappa shape index (κ1) is 12.9. The Labute approximate surface area is 122 Å². The Bertz CT molecular complexity index is 616. The molecule has 2 heterocycles. The third-order valence-corrected chi connectivity index (χ3v) is 3.51. The molecule has 0 radical (unpaired) electrons. The first-order chi connectivity index (χ1) is 9.76. The zero-order chi connectivity index (χ0) is 13.9. The summed E-state index contributed by atoms with van der Waals surface area (Å²) in [5, 5.41) is 0.440. The molecule has 20 heavy (non-hydrogen) atoms. The summed E-state index contributed by atoms with van der Waals surface area (Å²) < 4.78 is 6.03. The monoisotopic (exact) mass is 288 g/mol. The minimum absolute atomic E-state index is 0.242. The van der Waals surface area contributed by atoms with E-state index >= 15 is 0 Å². The average Bonchev–Trinajstić information content (AvgIpc) is 2.67. The van der Waals surface area contributed by atoms with E-state index in [1.54, 1.807) is 17.2 Å². The van der Waals surface area contributed by atoms with E-state index in [0.29, 0.717) is 18.2 Å². The van der Waals surface area contributed by atoms with Crippen LogP contribution in [0.5, 0.6) is 5.75 Å². The zero-order valence-corrected chi connectivity index (χ0v) is 11.5. The lowest BCUT2D eigenvalue weighted by Crippen LogP contribution is -2.26. The smallest absolute Gasteiger partial charge is 0.210 e. The number of rotatable bonds is 2. The predicted molar refractivity (Wildman–Crippen MR) is 75.5 cm³/mol. The van der Waals surface area contributed by atoms with Crippen LogP contribution in [-0.2, 0) is 11.3 Å². The van der Waals surface area contributed by atoms with Crippen molar-refractivity contribution in [1.82, 2.24) is 9.88 Å². The Morgan fingerprint density at radius 3 is 2.90 bits per heavy atom. The van der Waals surface area contributed by atoms with E-state index in [0.717, 1.165) is 23.3 Å². The highest BCUT2D eigenvalue weighted by molar-refractivity contribution is 6.29. The molecule has 1 aliphatic rings. The normalized spacial score (nSPS) is 17.9. The molecule has 1 aliphatic heterocycles. The molecule has 1 amide bonds. The van der Waals surface area contributed by atoms with Crippen molar-refractivity contribution in [2.24, 2.45) is 0 Å². The maximum absolute atomic E-state index is 11.2. The van der Waals surface area contributed by atoms with Crippen LogP contribution < -0.4 is 4.74 Å². The highest BCUT2D eigenvalue weighted by atomic mass is 35.5. The van der Waals surface area contributed by atoms with Gasteiger partial charge in [0.2, 0.25) is 6.41 Å². The fraction of sp³-hybridized carbons (Fsp3) is 0.200. The highest BCUT2D eigenvalue weighted by Crippen LogP contribution is 2.30. The van der Waals surface area contributed by atoms with Gasteiger partial charge in [-0.3, -0.25) is 4.79 Å². The van der Waals surface area contributed by atoms with Crippen LogP contribution in [0.15, 0.2) is 42.6 Å². The second kappa shape index (κ2) is 5.51. The number of hydrogen-bond acceptors (Lipinski definition) is 3. The number of carbonyl (C=O) groups is 1. The Hall–Kier alpha value is -2.07. The van der Waals surface area contributed by atoms with Gasteiger partial charge in [0.15, 0.2) is 0 Å². The molecule has 0 saturated carbocycles. The molecule has 0 bridgehead atoms. The number of fused-ring (bicyclic) bond motifs is 1. The van der Waals surface area contributed by atoms with Crippen molar-refractivity contribution in [3.8, 4) is 5.75 Å². The predicted octanol–water partition coefficient (Wildman–Crippen LogP) is 2.83. The van der Waals surface area contributed by atoms with E-state index in [4.69, 9.17) is 16.3 Å². The van der Waals surface area contributed by atoms with E-state index < -0.39 is 0 Å². The van der Waals surface area contributed by atoms with Crippen molar-refractivity contribution in [2.75, 3.05) is 6.54 Å². The first-order valence-corrected chi connectivity index (χ1v) is 6.69. The van der Waals surface area contributed by atoms with Crippen LogP contribution in [-0.4, -0.2) is 22.8 Å². The van der Waals surface area contributed by atoms with E-state index in [9.17, 15) is 4.79 Å². The minimum Gasteiger partial charge on any atom is -0.483 e. The SMILES string of the molecule is O=CN1Cc2ccccc2OC(c2ccc(Cl)nc2)C1. The van der Waals surface area contributed by atoms with Gasteiger partial charge in [-0.15, -0.1) is 0 Å². The minimum atomic E-state index is -0.242. The van der Waals surface area contributed by atoms with Crippen LogP contribution >= 0.6 is 11.6 Å². The maximum Gasteiger partial charge on any atom is 0.210 e. The number of ether oxygens (including phenoxy) is 1. The molecule has 1 atom stereocenters. The molecular weight excluding hydrogens is 276 g/mol. The summed E-state index contributed by atoms with van der Waals surface area (Å²) in [4.78, 5) is 17.0. The lowest BCUT2D eigenvalue weighted by atomic mass is 10.1. The summed E-state index contributed by atoms with van der Waals surface area (Å²) in [7, 11) is 0. The van der Waals surface area contributed by atoms with Gasteiger partial charge in [0.05, 0.1) is 6.54 Å². The number of amides is 1. The van der Waals surface area contributed by atoms with Crippen molar-refractivity contribution >= 4 is 18.0 Å². The van der Waals surface area contributed by atoms with Crippen LogP contribution in [0.4, 0.5) is 0 Å². The molecule has 2 aromatic rings. The molecular formula is C15H13ClN2O2. The first-order valence-electron chi connectivity index (χ1n) is 6.31. The fourth-order valence-corrected chi connectivity index (χ4v) is 2.38. The number of para-hydroxylation sites is 1. The molecule has 0 N–H and O–H groups in total. The highest BCUT2D eigenvalue weighted by Gasteiger charge is 2.23. The van der Waals surface area contributed by atoms with E-state index in [2.05, 4.69) is 4.98 Å². The van der Waals surface area contributed by atoms with Gasteiger partial charge in [-0.25, -0.2) is 4.98 Å². The molecule has 0 aliphatic carbocycles. The van der Waals surface area contributed by atoms with Crippen LogP contribution in [0.3, 0.4) is 0 Å². The second-order valence-electron chi connectivity index (χ2n) is 4.66. The van der Waals surface area contributed by atoms with Crippen LogP contribution in [0.1, 0.15) is 17.2 Å². The zero-order valence-electron chi connectivity index (χ0n) is 10.7. The molecule has 1 unspecified atom stereocenters. The van der Waals surface area contributed by atoms with Crippen molar-refractivity contribution in [2.45, 2.75) is 12.6 Å². The third-order valence-electron chi connectivity index (χ3n) is 3.29. The Morgan fingerprint density at radius 2 is 2.15 bits per heavy atom. The topological polar surface area (TPSA) is 42.4 Å². The van der Waals surface area contributed by atoms with Gasteiger partial charge in [-0.2, -0.15) is 0 Å². The van der Waals surface area contributed by atoms with Gasteiger partial charge < -0.3 is 9.64 Å². The molecule has 0 saturated heterocycles. The number of halogens is 1. The molecule has 5 heteroatoms. The summed E-state index contributed by atoms with van der Waals surface area (Å²) in [5.74, 6) is 0.803. The summed E-state index contributed by atoms with van der Waals surface area (Å²) in [6.07, 6.45) is 2.29. The number of aromatic nitrogens is 1. The maximum atomic E-state index is 11.2. The van der Waals surface area contributed by atoms with Crippen LogP contribution in [0.2, 0.25) is 5.15 Å². The molecule has 102 valence electrons. The summed E-state index contributed by atoms with van der Waals surface area (Å²) >= 11 is 5.80. The average molecular weight is 289 g/mol. The summed E-state index contributed by atoms with van der Waals surface area (Å²) in [6.45, 7) is 1.04. The van der Waals surface area contributed by atoms with Gasteiger partial charge >= 0.3 is 0 Å². The summed E-state index contributed by atoms with van der Waals surface area (Å²) in [5.41, 5.74) is 1.90. The third kappa shape index (κ3) is 2.60. The molecule has 0 spiro atoms. The number of pyridine rings is 1. The van der Waals surface area contributed by atoms with Crippen LogP contribution in [0, 0.1) is 0 Å². The number of benzene rings is 1. The van der Waals surface area contributed by atoms with E-state index in [1.807, 2.05) is 30.3 Å². The standard InChI is InChI=1S/C15H13ClN2O2/c16-15-6-5-11(7-17-15)14-9-18(10-19)8-12-3-1-2-4-13(12)20-14/h1-7,10,14H,8-9H2. The lowest BCUT2D eigenvalue weighted by molar-refractivity contribution is -0.119. The second-order valence-corrected chi connectivity index (χ2v) is 5.05. The van der Waals surface area contributed by atoms with Crippen molar-refractivity contribution in [1.29, 1.82) is 0 Å². The molecule has 4 nitrogen and oxygen atoms in total. The molecule has 0 fully saturated rings. The van der Waals surface area contributed by atoms with Crippen LogP contribution in [0.25, 0.3) is 0 Å². The van der Waals surface area contributed by atoms with Crippen molar-refractivity contribution in [3.63, 3.8) is 0 Å². The van der Waals surface area contributed by atoms with Gasteiger partial charge in [0.1, 0.15) is 17.0 Å². The molecule has 3 rings (SSSR count). The lowest BCUT2D eigenvalue weighted by Gasteiger charge is -2.20. The Kier molecular flexibility index (Phi) is 3.56. The fourth-order valence-electron chi connectivity index (χ4n) is 2.27. The number of hydrogen-bond donors (Lipinski definition) is 0. The molecule has 1 aromatic heterocycles. The van der Waals surface area contributed by atoms with Crippen molar-refractivity contribution < 1.29 is 9.53 Å². The molecule has 1 aromatic carbocycles. The van der Waals surface area contributed by atoms with Gasteiger partial charge in [0.25, 0.3) is 0 Å². The quantitative estimate of drug-likeness (QED) is 0.630. The van der Waals surface area contributed by atoms with Gasteiger partial charge in [0, 0.05) is 23.9 Å². The number of nitrogens with zero attached hydrogens (tertiary/aromatic N) is 2. The van der Waals surface area contributed by atoms with Gasteiger partial charge in [-0.1, -0.05) is 35.9 Å². The Morgan fingerprint density at radius 1 is 1.30 bits per heavy atom. The number of carbonyl (C=O) groups excluding carboxylic acids is 1. The van der Waals surface area contributed by atoms with Gasteiger partial charge in [-0.05, 0) is 12.1 Å². The van der Waals surface area contributed by atoms with E-state index in [-0.39, 0.29) is 6.10 Å².